The van der Waals surface area contributed by atoms with E-state index in [1.165, 1.54) is 9.47 Å². The predicted molar refractivity (Wildman–Crippen MR) is 99.3 cm³/mol. The summed E-state index contributed by atoms with van der Waals surface area (Å²) in [5.74, 6) is 0.173. The second-order valence-corrected chi connectivity index (χ2v) is 6.22. The van der Waals surface area contributed by atoms with Crippen LogP contribution >= 0.6 is 11.6 Å². The first kappa shape index (κ1) is 17.2. The number of pyridine rings is 1. The van der Waals surface area contributed by atoms with Crippen LogP contribution in [0.15, 0.2) is 47.4 Å². The molecule has 0 unspecified atom stereocenters. The first-order valence-corrected chi connectivity index (χ1v) is 8.48. The topological polar surface area (TPSA) is 60.1 Å². The summed E-state index contributed by atoms with van der Waals surface area (Å²) in [5.41, 5.74) is 2.80. The monoisotopic (exact) mass is 358 g/mol. The normalized spacial score (nSPS) is 11.0. The maximum absolute atomic E-state index is 12.6. The van der Waals surface area contributed by atoms with Gasteiger partial charge in [-0.3, -0.25) is 13.9 Å². The smallest absolute Gasteiger partial charge is 0.314 e. The van der Waals surface area contributed by atoms with Crippen molar-refractivity contribution in [3.63, 3.8) is 0 Å². The fraction of sp³-hybridized carbons (Fsp3) is 0.278. The molecule has 25 heavy (non-hydrogen) atoms. The van der Waals surface area contributed by atoms with E-state index in [0.29, 0.717) is 23.4 Å². The van der Waals surface area contributed by atoms with Crippen LogP contribution in [0, 0.1) is 0 Å². The van der Waals surface area contributed by atoms with E-state index in [1.54, 1.807) is 24.9 Å². The molecule has 2 heterocycles. The van der Waals surface area contributed by atoms with Gasteiger partial charge in [-0.05, 0) is 11.6 Å². The molecule has 2 aromatic heterocycles. The van der Waals surface area contributed by atoms with Crippen molar-refractivity contribution in [3.05, 3.63) is 58.6 Å². The Morgan fingerprint density at radius 2 is 2.00 bits per heavy atom. The van der Waals surface area contributed by atoms with Crippen LogP contribution in [0.1, 0.15) is 12.0 Å². The van der Waals surface area contributed by atoms with E-state index in [-0.39, 0.29) is 23.9 Å². The second-order valence-electron chi connectivity index (χ2n) is 5.84. The molecule has 0 atom stereocenters. The summed E-state index contributed by atoms with van der Waals surface area (Å²) in [6, 6.07) is 11.6. The second kappa shape index (κ2) is 7.11. The Hall–Kier alpha value is -2.60. The fourth-order valence-electron chi connectivity index (χ4n) is 2.76. The van der Waals surface area contributed by atoms with E-state index in [0.717, 1.165) is 5.56 Å². The number of fused-ring (bicyclic) bond motifs is 1. The lowest BCUT2D eigenvalue weighted by molar-refractivity contribution is -0.117. The van der Waals surface area contributed by atoms with Crippen molar-refractivity contribution in [2.45, 2.75) is 13.0 Å². The lowest BCUT2D eigenvalue weighted by atomic mass is 10.2. The fourth-order valence-corrected chi connectivity index (χ4v) is 2.92. The molecule has 0 saturated carbocycles. The summed E-state index contributed by atoms with van der Waals surface area (Å²) in [6.45, 7) is 0.446. The van der Waals surface area contributed by atoms with Gasteiger partial charge < -0.3 is 4.90 Å². The van der Waals surface area contributed by atoms with Gasteiger partial charge in [0.2, 0.25) is 5.91 Å². The number of imidazole rings is 1. The number of amides is 1. The molecule has 0 fully saturated rings. The van der Waals surface area contributed by atoms with E-state index < -0.39 is 0 Å². The third-order valence-electron chi connectivity index (χ3n) is 4.21. The molecule has 0 aliphatic rings. The van der Waals surface area contributed by atoms with E-state index >= 15 is 0 Å². The number of hydrogen-bond donors (Lipinski definition) is 0. The van der Waals surface area contributed by atoms with Crippen LogP contribution in [-0.2, 0) is 18.4 Å². The van der Waals surface area contributed by atoms with Gasteiger partial charge in [0.15, 0.2) is 5.65 Å². The molecule has 0 aliphatic heterocycles. The van der Waals surface area contributed by atoms with Gasteiger partial charge in [0.1, 0.15) is 0 Å². The third-order valence-corrected chi connectivity index (χ3v) is 4.40. The van der Waals surface area contributed by atoms with Crippen molar-refractivity contribution >= 4 is 34.4 Å². The number of carbonyl (C=O) groups is 1. The van der Waals surface area contributed by atoms with Crippen molar-refractivity contribution in [1.29, 1.82) is 0 Å². The van der Waals surface area contributed by atoms with E-state index in [4.69, 9.17) is 11.6 Å². The summed E-state index contributed by atoms with van der Waals surface area (Å²) in [6.07, 6.45) is 1.85. The zero-order chi connectivity index (χ0) is 18.0. The Balaban J connectivity index is 2.07. The van der Waals surface area contributed by atoms with Gasteiger partial charge >= 0.3 is 5.69 Å². The average Bonchev–Trinajstić information content (AvgIpc) is 2.86. The molecule has 0 spiro atoms. The number of nitrogens with zero attached hydrogens (tertiary/aromatic N) is 4. The molecule has 0 N–H and O–H groups in total. The van der Waals surface area contributed by atoms with Crippen LogP contribution in [-0.4, -0.2) is 33.0 Å². The molecule has 6 nitrogen and oxygen atoms in total. The van der Waals surface area contributed by atoms with E-state index in [9.17, 15) is 9.59 Å². The Morgan fingerprint density at radius 3 is 2.68 bits per heavy atom. The van der Waals surface area contributed by atoms with Gasteiger partial charge in [-0.25, -0.2) is 9.78 Å². The molecule has 3 aromatic rings. The van der Waals surface area contributed by atoms with Crippen LogP contribution < -0.4 is 10.6 Å². The van der Waals surface area contributed by atoms with Gasteiger partial charge in [-0.2, -0.15) is 0 Å². The van der Waals surface area contributed by atoms with Gasteiger partial charge in [0.25, 0.3) is 0 Å². The summed E-state index contributed by atoms with van der Waals surface area (Å²) < 4.78 is 3.18. The molecule has 0 radical (unpaired) electrons. The van der Waals surface area contributed by atoms with Gasteiger partial charge in [0, 0.05) is 26.4 Å². The van der Waals surface area contributed by atoms with Crippen LogP contribution in [0.5, 0.6) is 0 Å². The maximum atomic E-state index is 12.6. The van der Waals surface area contributed by atoms with E-state index in [1.807, 2.05) is 36.4 Å². The minimum Gasteiger partial charge on any atom is -0.314 e. The Labute approximate surface area is 150 Å². The Morgan fingerprint density at radius 1 is 1.28 bits per heavy atom. The Bertz CT molecular complexity index is 962. The summed E-state index contributed by atoms with van der Waals surface area (Å²) in [7, 11) is 3.38. The highest BCUT2D eigenvalue weighted by Gasteiger charge is 2.16. The van der Waals surface area contributed by atoms with E-state index in [2.05, 4.69) is 4.98 Å². The number of alkyl halides is 1. The molecule has 0 saturated heterocycles. The number of rotatable bonds is 5. The summed E-state index contributed by atoms with van der Waals surface area (Å²) >= 11 is 5.65. The van der Waals surface area contributed by atoms with Crippen LogP contribution in [0.4, 0.5) is 5.69 Å². The number of aromatic nitrogens is 3. The minimum atomic E-state index is -0.141. The van der Waals surface area contributed by atoms with Crippen molar-refractivity contribution in [2.24, 2.45) is 7.05 Å². The van der Waals surface area contributed by atoms with Crippen molar-refractivity contribution in [3.8, 4) is 0 Å². The highest BCUT2D eigenvalue weighted by Crippen LogP contribution is 2.20. The first-order valence-electron chi connectivity index (χ1n) is 7.94. The SMILES string of the molecule is CN(C(=O)CCCl)c1cnc2c(c1)n(Cc1ccccc1)c(=O)n2C. The minimum absolute atomic E-state index is 0.0935. The average molecular weight is 359 g/mol. The van der Waals surface area contributed by atoms with Crippen LogP contribution in [0.25, 0.3) is 11.2 Å². The van der Waals surface area contributed by atoms with Crippen LogP contribution in [0.2, 0.25) is 0 Å². The highest BCUT2D eigenvalue weighted by atomic mass is 35.5. The number of benzene rings is 1. The number of anilines is 1. The highest BCUT2D eigenvalue weighted by molar-refractivity contribution is 6.19. The predicted octanol–water partition coefficient (Wildman–Crippen LogP) is 2.38. The molecule has 0 aliphatic carbocycles. The lowest BCUT2D eigenvalue weighted by Gasteiger charge is -2.16. The molecule has 7 heteroatoms. The van der Waals surface area contributed by atoms with Gasteiger partial charge in [-0.1, -0.05) is 30.3 Å². The van der Waals surface area contributed by atoms with Crippen molar-refractivity contribution in [1.82, 2.24) is 14.1 Å². The number of aryl methyl sites for hydroxylation is 1. The lowest BCUT2D eigenvalue weighted by Crippen LogP contribution is -2.26. The molecule has 130 valence electrons. The van der Waals surface area contributed by atoms with Crippen LogP contribution in [0.3, 0.4) is 0 Å². The number of carbonyl (C=O) groups excluding carboxylic acids is 1. The van der Waals surface area contributed by atoms with Crippen molar-refractivity contribution < 1.29 is 4.79 Å². The van der Waals surface area contributed by atoms with Crippen molar-refractivity contribution in [2.75, 3.05) is 17.8 Å². The molecule has 0 bridgehead atoms. The molecule has 1 aromatic carbocycles. The van der Waals surface area contributed by atoms with Gasteiger partial charge in [-0.15, -0.1) is 11.6 Å². The quantitative estimate of drug-likeness (QED) is 0.658. The zero-order valence-corrected chi connectivity index (χ0v) is 14.9. The first-order chi connectivity index (χ1) is 12.0. The standard InChI is InChI=1S/C18H19ClN4O2/c1-21(16(24)8-9-19)14-10-15-17(20-11-14)22(2)18(25)23(15)12-13-6-4-3-5-7-13/h3-7,10-11H,8-9,12H2,1-2H3. The molecular formula is C18H19ClN4O2. The summed E-state index contributed by atoms with van der Waals surface area (Å²) in [5, 5.41) is 0. The number of hydrogen-bond acceptors (Lipinski definition) is 3. The maximum Gasteiger partial charge on any atom is 0.330 e. The molecular weight excluding hydrogens is 340 g/mol. The molecule has 3 rings (SSSR count). The molecule has 1 amide bonds. The Kier molecular flexibility index (Phi) is 4.90. The largest absolute Gasteiger partial charge is 0.330 e. The summed E-state index contributed by atoms with van der Waals surface area (Å²) in [4.78, 5) is 30.6. The zero-order valence-electron chi connectivity index (χ0n) is 14.1. The van der Waals surface area contributed by atoms with Gasteiger partial charge in [0.05, 0.1) is 23.9 Å². The third kappa shape index (κ3) is 3.30. The number of halogens is 1.